The fraction of sp³-hybridized carbons (Fsp3) is 0.522. The van der Waals surface area contributed by atoms with E-state index in [9.17, 15) is 23.3 Å². The zero-order valence-electron chi connectivity index (χ0n) is 17.9. The van der Waals surface area contributed by atoms with Crippen LogP contribution in [0.25, 0.3) is 6.08 Å². The largest absolute Gasteiger partial charge is 0.481 e. The molecule has 3 fully saturated rings. The summed E-state index contributed by atoms with van der Waals surface area (Å²) in [6.45, 7) is 0. The second-order valence-corrected chi connectivity index (χ2v) is 10.3. The molecule has 0 heterocycles. The van der Waals surface area contributed by atoms with Gasteiger partial charge in [-0.05, 0) is 86.5 Å². The summed E-state index contributed by atoms with van der Waals surface area (Å²) in [4.78, 5) is 20.9. The summed E-state index contributed by atoms with van der Waals surface area (Å²) < 4.78 is 28.4. The summed E-state index contributed by atoms with van der Waals surface area (Å²) >= 11 is 0. The molecule has 2 bridgehead atoms. The van der Waals surface area contributed by atoms with E-state index in [1.807, 2.05) is 6.08 Å². The van der Waals surface area contributed by atoms with Crippen LogP contribution < -0.4 is 4.72 Å². The van der Waals surface area contributed by atoms with Crippen molar-refractivity contribution in [2.45, 2.75) is 57.4 Å². The summed E-state index contributed by atoms with van der Waals surface area (Å²) in [5.74, 6) is 0.267. The number of aliphatic carboxylic acids is 1. The van der Waals surface area contributed by atoms with E-state index in [4.69, 9.17) is 5.11 Å². The van der Waals surface area contributed by atoms with Gasteiger partial charge < -0.3 is 5.11 Å². The molecule has 0 radical (unpaired) electrons. The van der Waals surface area contributed by atoms with E-state index < -0.39 is 20.9 Å². The number of hydrogen-bond acceptors (Lipinski definition) is 5. The number of unbranched alkanes of at least 4 members (excludes halogenated alkanes) is 1. The SMILES string of the molecule is O=C(O)CCCC=CCC1C2CCC(CC2)C1NS(=O)(=O)C=Cc1ccc([N+](=O)[O-])cc1. The van der Waals surface area contributed by atoms with E-state index in [0.29, 0.717) is 30.2 Å². The molecule has 0 spiro atoms. The van der Waals surface area contributed by atoms with Gasteiger partial charge in [0, 0.05) is 30.0 Å². The van der Waals surface area contributed by atoms with Gasteiger partial charge in [-0.25, -0.2) is 13.1 Å². The molecule has 9 heteroatoms. The molecule has 8 nitrogen and oxygen atoms in total. The molecule has 32 heavy (non-hydrogen) atoms. The van der Waals surface area contributed by atoms with Crippen LogP contribution in [0.4, 0.5) is 5.69 Å². The zero-order valence-corrected chi connectivity index (χ0v) is 18.7. The van der Waals surface area contributed by atoms with Crippen LogP contribution in [0.3, 0.4) is 0 Å². The number of fused-ring (bicyclic) bond motifs is 3. The highest BCUT2D eigenvalue weighted by Gasteiger charge is 2.44. The third-order valence-corrected chi connectivity index (χ3v) is 7.67. The van der Waals surface area contributed by atoms with Crippen LogP contribution in [0, 0.1) is 27.9 Å². The minimum atomic E-state index is -3.66. The van der Waals surface area contributed by atoms with Crippen molar-refractivity contribution in [1.29, 1.82) is 0 Å². The molecule has 0 amide bonds. The van der Waals surface area contributed by atoms with Crippen molar-refractivity contribution in [3.05, 3.63) is 57.5 Å². The van der Waals surface area contributed by atoms with Crippen LogP contribution in [0.2, 0.25) is 0 Å². The molecule has 4 rings (SSSR count). The number of carboxylic acids is 1. The zero-order chi connectivity index (χ0) is 23.1. The first-order valence-electron chi connectivity index (χ1n) is 11.1. The van der Waals surface area contributed by atoms with Gasteiger partial charge in [0.25, 0.3) is 5.69 Å². The summed E-state index contributed by atoms with van der Waals surface area (Å²) in [6.07, 6.45) is 12.1. The number of carboxylic acid groups (broad SMARTS) is 1. The van der Waals surface area contributed by atoms with Gasteiger partial charge in [0.15, 0.2) is 0 Å². The van der Waals surface area contributed by atoms with Crippen LogP contribution in [0.5, 0.6) is 0 Å². The lowest BCUT2D eigenvalue weighted by molar-refractivity contribution is -0.384. The van der Waals surface area contributed by atoms with Crippen molar-refractivity contribution in [2.24, 2.45) is 17.8 Å². The quantitative estimate of drug-likeness (QED) is 0.216. The number of carbonyl (C=O) groups is 1. The average Bonchev–Trinajstić information content (AvgIpc) is 2.76. The van der Waals surface area contributed by atoms with Crippen molar-refractivity contribution in [3.8, 4) is 0 Å². The van der Waals surface area contributed by atoms with Crippen LogP contribution in [-0.4, -0.2) is 30.5 Å². The number of sulfonamides is 1. The molecule has 174 valence electrons. The van der Waals surface area contributed by atoms with E-state index in [-0.39, 0.29) is 24.1 Å². The Balaban J connectivity index is 1.62. The monoisotopic (exact) mass is 462 g/mol. The first-order valence-corrected chi connectivity index (χ1v) is 12.6. The summed E-state index contributed by atoms with van der Waals surface area (Å²) in [6, 6.07) is 5.62. The Kier molecular flexibility index (Phi) is 8.20. The first-order chi connectivity index (χ1) is 15.2. The fourth-order valence-electron chi connectivity index (χ4n) is 4.94. The van der Waals surface area contributed by atoms with E-state index in [2.05, 4.69) is 10.8 Å². The van der Waals surface area contributed by atoms with Crippen LogP contribution in [0.1, 0.15) is 56.9 Å². The Bertz CT molecular complexity index is 963. The van der Waals surface area contributed by atoms with Gasteiger partial charge in [0.2, 0.25) is 10.0 Å². The molecule has 0 aromatic heterocycles. The molecule has 2 atom stereocenters. The summed E-state index contributed by atoms with van der Waals surface area (Å²) in [5.41, 5.74) is 0.534. The number of nitro benzene ring substituents is 1. The predicted molar refractivity (Wildman–Crippen MR) is 122 cm³/mol. The number of nitro groups is 1. The van der Waals surface area contributed by atoms with Crippen molar-refractivity contribution >= 4 is 27.8 Å². The van der Waals surface area contributed by atoms with Crippen molar-refractivity contribution in [2.75, 3.05) is 0 Å². The second-order valence-electron chi connectivity index (χ2n) is 8.67. The Morgan fingerprint density at radius 1 is 1.12 bits per heavy atom. The number of nitrogens with one attached hydrogen (secondary N) is 1. The first kappa shape index (κ1) is 24.1. The maximum atomic E-state index is 12.8. The number of non-ortho nitro benzene ring substituents is 1. The standard InChI is InChI=1S/C23H30N2O6S/c26-22(27)6-4-2-1-3-5-21-18-9-11-19(12-10-18)23(21)24-32(30,31)16-15-17-7-13-20(14-8-17)25(28)29/h1,3,7-8,13-16,18-19,21,23-24H,2,4-6,9-12H2,(H,26,27). The van der Waals surface area contributed by atoms with Crippen molar-refractivity contribution < 1.29 is 23.2 Å². The summed E-state index contributed by atoms with van der Waals surface area (Å²) in [7, 11) is -3.66. The maximum Gasteiger partial charge on any atom is 0.303 e. The van der Waals surface area contributed by atoms with Gasteiger partial charge in [0.1, 0.15) is 0 Å². The van der Waals surface area contributed by atoms with E-state index in [1.165, 1.54) is 30.3 Å². The molecule has 0 saturated heterocycles. The molecule has 3 aliphatic carbocycles. The van der Waals surface area contributed by atoms with Crippen LogP contribution in [-0.2, 0) is 14.8 Å². The Morgan fingerprint density at radius 2 is 1.78 bits per heavy atom. The van der Waals surface area contributed by atoms with Gasteiger partial charge >= 0.3 is 5.97 Å². The van der Waals surface area contributed by atoms with Crippen molar-refractivity contribution in [1.82, 2.24) is 4.72 Å². The molecule has 2 unspecified atom stereocenters. The maximum absolute atomic E-state index is 12.8. The Labute approximate surface area is 188 Å². The topological polar surface area (TPSA) is 127 Å². The molecular formula is C23H30N2O6S. The van der Waals surface area contributed by atoms with Gasteiger partial charge in [-0.1, -0.05) is 12.2 Å². The number of rotatable bonds is 11. The number of benzene rings is 1. The third-order valence-electron chi connectivity index (χ3n) is 6.57. The van der Waals surface area contributed by atoms with E-state index in [0.717, 1.165) is 37.5 Å². The fourth-order valence-corrected chi connectivity index (χ4v) is 6.11. The molecule has 2 N–H and O–H groups in total. The van der Waals surface area contributed by atoms with E-state index in [1.54, 1.807) is 0 Å². The Morgan fingerprint density at radius 3 is 2.41 bits per heavy atom. The highest BCUT2D eigenvalue weighted by Crippen LogP contribution is 2.47. The molecule has 3 aliphatic rings. The van der Waals surface area contributed by atoms with Gasteiger partial charge in [0.05, 0.1) is 4.92 Å². The number of hydrogen-bond donors (Lipinski definition) is 2. The lowest BCUT2D eigenvalue weighted by Gasteiger charge is -2.48. The van der Waals surface area contributed by atoms with Crippen molar-refractivity contribution in [3.63, 3.8) is 0 Å². The lowest BCUT2D eigenvalue weighted by Crippen LogP contribution is -2.52. The summed E-state index contributed by atoms with van der Waals surface area (Å²) in [5, 5.41) is 20.6. The smallest absolute Gasteiger partial charge is 0.303 e. The van der Waals surface area contributed by atoms with Crippen LogP contribution >= 0.6 is 0 Å². The normalized spacial score (nSPS) is 25.5. The highest BCUT2D eigenvalue weighted by molar-refractivity contribution is 7.92. The molecule has 0 aliphatic heterocycles. The average molecular weight is 463 g/mol. The molecule has 1 aromatic carbocycles. The third kappa shape index (κ3) is 6.74. The number of allylic oxidation sites excluding steroid dienone is 2. The predicted octanol–water partition coefficient (Wildman–Crippen LogP) is 4.49. The Hall–Kier alpha value is -2.52. The van der Waals surface area contributed by atoms with Crippen LogP contribution in [0.15, 0.2) is 41.8 Å². The van der Waals surface area contributed by atoms with Gasteiger partial charge in [-0.3, -0.25) is 14.9 Å². The lowest BCUT2D eigenvalue weighted by atomic mass is 9.61. The second kappa shape index (κ2) is 10.9. The molecular weight excluding hydrogens is 432 g/mol. The van der Waals surface area contributed by atoms with Gasteiger partial charge in [-0.2, -0.15) is 0 Å². The molecule has 3 saturated carbocycles. The minimum Gasteiger partial charge on any atom is -0.481 e. The van der Waals surface area contributed by atoms with E-state index >= 15 is 0 Å². The number of nitrogens with zero attached hydrogens (tertiary/aromatic N) is 1. The highest BCUT2D eigenvalue weighted by atomic mass is 32.2. The minimum absolute atomic E-state index is 0.0415. The molecule has 1 aromatic rings. The van der Waals surface area contributed by atoms with Gasteiger partial charge in [-0.15, -0.1) is 0 Å².